The van der Waals surface area contributed by atoms with Crippen molar-refractivity contribution >= 4 is 32.5 Å². The molecule has 0 unspecified atom stereocenters. The van der Waals surface area contributed by atoms with E-state index in [0.717, 1.165) is 18.2 Å². The first-order valence-electron chi connectivity index (χ1n) is 7.38. The van der Waals surface area contributed by atoms with Crippen LogP contribution in [0.15, 0.2) is 46.0 Å². The lowest BCUT2D eigenvalue weighted by atomic mass is 10.2. The summed E-state index contributed by atoms with van der Waals surface area (Å²) in [6, 6.07) is 7.93. The predicted molar refractivity (Wildman–Crippen MR) is 86.1 cm³/mol. The number of furan rings is 1. The number of nitrogens with zero attached hydrogens (tertiary/aromatic N) is 1. The van der Waals surface area contributed by atoms with Crippen molar-refractivity contribution in [2.75, 3.05) is 5.32 Å². The van der Waals surface area contributed by atoms with Gasteiger partial charge in [0.1, 0.15) is 0 Å². The monoisotopic (exact) mass is 346 g/mol. The summed E-state index contributed by atoms with van der Waals surface area (Å²) in [5.41, 5.74) is 1.22. The Bertz CT molecular complexity index is 1020. The third-order valence-electron chi connectivity index (χ3n) is 3.69. The van der Waals surface area contributed by atoms with Crippen LogP contribution in [0, 0.1) is 0 Å². The molecule has 2 heterocycles. The van der Waals surface area contributed by atoms with Gasteiger partial charge in [-0.05, 0) is 31.0 Å². The minimum atomic E-state index is -3.72. The molecule has 9 heteroatoms. The maximum Gasteiger partial charge on any atom is 0.291 e. The van der Waals surface area contributed by atoms with E-state index in [9.17, 15) is 13.2 Å². The van der Waals surface area contributed by atoms with Gasteiger partial charge in [0.15, 0.2) is 5.76 Å². The number of hydrogen-bond donors (Lipinski definition) is 3. The highest BCUT2D eigenvalue weighted by atomic mass is 32.2. The summed E-state index contributed by atoms with van der Waals surface area (Å²) in [6.45, 7) is 0. The normalized spacial score (nSPS) is 14.8. The second kappa shape index (κ2) is 5.46. The first-order valence-corrected chi connectivity index (χ1v) is 8.87. The molecule has 1 aliphatic carbocycles. The maximum absolute atomic E-state index is 12.3. The van der Waals surface area contributed by atoms with E-state index in [-0.39, 0.29) is 16.9 Å². The molecule has 0 radical (unpaired) electrons. The van der Waals surface area contributed by atoms with E-state index in [4.69, 9.17) is 4.42 Å². The standard InChI is InChI=1S/C15H14N4O4S/c20-15(17-11-3-1-2-9-8-16-18-14(9)11)12-6-7-13(23-12)24(21,22)19-10-4-5-10/h1-3,6-8,10,19H,4-5H2,(H,16,18)(H,17,20). The van der Waals surface area contributed by atoms with Crippen LogP contribution in [0.25, 0.3) is 10.9 Å². The second-order valence-corrected chi connectivity index (χ2v) is 7.25. The number of rotatable bonds is 5. The minimum Gasteiger partial charge on any atom is -0.438 e. The Labute approximate surface area is 137 Å². The molecule has 0 bridgehead atoms. The molecule has 3 N–H and O–H groups in total. The topological polar surface area (TPSA) is 117 Å². The Kier molecular flexibility index (Phi) is 3.39. The van der Waals surface area contributed by atoms with Gasteiger partial charge < -0.3 is 9.73 Å². The SMILES string of the molecule is O=C(Nc1cccc2cn[nH]c12)c1ccc(S(=O)(=O)NC2CC2)o1. The first-order chi connectivity index (χ1) is 11.5. The second-order valence-electron chi connectivity index (χ2n) is 5.61. The molecule has 24 heavy (non-hydrogen) atoms. The molecule has 0 atom stereocenters. The molecule has 1 saturated carbocycles. The van der Waals surface area contributed by atoms with E-state index in [0.29, 0.717) is 11.2 Å². The Hall–Kier alpha value is -2.65. The molecule has 124 valence electrons. The third-order valence-corrected chi connectivity index (χ3v) is 5.09. The van der Waals surface area contributed by atoms with Crippen LogP contribution < -0.4 is 10.0 Å². The molecule has 3 aromatic rings. The van der Waals surface area contributed by atoms with Crippen molar-refractivity contribution < 1.29 is 17.6 Å². The van der Waals surface area contributed by atoms with Gasteiger partial charge in [0, 0.05) is 11.4 Å². The molecule has 1 fully saturated rings. The van der Waals surface area contributed by atoms with Gasteiger partial charge >= 0.3 is 0 Å². The minimum absolute atomic E-state index is 0.0321. The van der Waals surface area contributed by atoms with Crippen LogP contribution in [0.1, 0.15) is 23.4 Å². The smallest absolute Gasteiger partial charge is 0.291 e. The molecular formula is C15H14N4O4S. The van der Waals surface area contributed by atoms with Gasteiger partial charge in [0.05, 0.1) is 17.4 Å². The zero-order valence-electron chi connectivity index (χ0n) is 12.4. The van der Waals surface area contributed by atoms with Crippen molar-refractivity contribution in [3.8, 4) is 0 Å². The summed E-state index contributed by atoms with van der Waals surface area (Å²) in [5.74, 6) is -0.618. The van der Waals surface area contributed by atoms with Gasteiger partial charge in [0.25, 0.3) is 15.9 Å². The van der Waals surface area contributed by atoms with Crippen molar-refractivity contribution in [3.05, 3.63) is 42.3 Å². The van der Waals surface area contributed by atoms with Crippen LogP contribution in [0.4, 0.5) is 5.69 Å². The number of hydrogen-bond acceptors (Lipinski definition) is 5. The number of benzene rings is 1. The largest absolute Gasteiger partial charge is 0.438 e. The van der Waals surface area contributed by atoms with Crippen molar-refractivity contribution in [1.29, 1.82) is 0 Å². The van der Waals surface area contributed by atoms with E-state index >= 15 is 0 Å². The summed E-state index contributed by atoms with van der Waals surface area (Å²) in [5, 5.41) is 10.00. The molecule has 2 aromatic heterocycles. The van der Waals surface area contributed by atoms with Crippen LogP contribution in [-0.2, 0) is 10.0 Å². The number of amides is 1. The van der Waals surface area contributed by atoms with Gasteiger partial charge in [-0.3, -0.25) is 9.89 Å². The van der Waals surface area contributed by atoms with Crippen molar-refractivity contribution in [1.82, 2.24) is 14.9 Å². The molecule has 0 spiro atoms. The molecule has 0 aliphatic heterocycles. The average molecular weight is 346 g/mol. The lowest BCUT2D eigenvalue weighted by Gasteiger charge is -2.04. The highest BCUT2D eigenvalue weighted by molar-refractivity contribution is 7.89. The van der Waals surface area contributed by atoms with Crippen molar-refractivity contribution in [2.24, 2.45) is 0 Å². The zero-order chi connectivity index (χ0) is 16.7. The quantitative estimate of drug-likeness (QED) is 0.652. The average Bonchev–Trinajstić information content (AvgIpc) is 3.06. The summed E-state index contributed by atoms with van der Waals surface area (Å²) in [6.07, 6.45) is 3.29. The number of sulfonamides is 1. The Morgan fingerprint density at radius 1 is 1.25 bits per heavy atom. The van der Waals surface area contributed by atoms with Crippen LogP contribution in [0.2, 0.25) is 0 Å². The van der Waals surface area contributed by atoms with E-state index < -0.39 is 15.9 Å². The fourth-order valence-corrected chi connectivity index (χ4v) is 3.56. The van der Waals surface area contributed by atoms with E-state index in [1.807, 2.05) is 6.07 Å². The lowest BCUT2D eigenvalue weighted by molar-refractivity contribution is 0.0991. The van der Waals surface area contributed by atoms with Crippen molar-refractivity contribution in [3.63, 3.8) is 0 Å². The number of para-hydroxylation sites is 1. The number of carbonyl (C=O) groups excluding carboxylic acids is 1. The molecule has 1 aromatic carbocycles. The Morgan fingerprint density at radius 3 is 2.88 bits per heavy atom. The fourth-order valence-electron chi connectivity index (χ4n) is 2.32. The maximum atomic E-state index is 12.3. The van der Waals surface area contributed by atoms with Gasteiger partial charge in [-0.2, -0.15) is 5.10 Å². The molecule has 0 saturated heterocycles. The van der Waals surface area contributed by atoms with Crippen LogP contribution in [0.5, 0.6) is 0 Å². The highest BCUT2D eigenvalue weighted by Crippen LogP contribution is 2.24. The van der Waals surface area contributed by atoms with Crippen molar-refractivity contribution in [2.45, 2.75) is 24.0 Å². The molecule has 4 rings (SSSR count). The summed E-state index contributed by atoms with van der Waals surface area (Å²) in [4.78, 5) is 12.3. The third kappa shape index (κ3) is 2.79. The summed E-state index contributed by atoms with van der Waals surface area (Å²) in [7, 11) is -3.72. The number of H-pyrrole nitrogens is 1. The lowest BCUT2D eigenvalue weighted by Crippen LogP contribution is -2.25. The van der Waals surface area contributed by atoms with Gasteiger partial charge in [-0.1, -0.05) is 12.1 Å². The molecular weight excluding hydrogens is 332 g/mol. The number of aromatic nitrogens is 2. The van der Waals surface area contributed by atoms with Gasteiger partial charge in [-0.25, -0.2) is 13.1 Å². The molecule has 1 amide bonds. The zero-order valence-corrected chi connectivity index (χ0v) is 13.3. The van der Waals surface area contributed by atoms with Gasteiger partial charge in [-0.15, -0.1) is 0 Å². The first kappa shape index (κ1) is 14.9. The van der Waals surface area contributed by atoms with E-state index in [1.54, 1.807) is 18.3 Å². The number of nitrogens with one attached hydrogen (secondary N) is 3. The number of aromatic amines is 1. The fraction of sp³-hybridized carbons (Fsp3) is 0.200. The van der Waals surface area contributed by atoms with Gasteiger partial charge in [0.2, 0.25) is 5.09 Å². The number of anilines is 1. The van der Waals surface area contributed by atoms with Crippen LogP contribution in [-0.4, -0.2) is 30.6 Å². The number of carbonyl (C=O) groups is 1. The van der Waals surface area contributed by atoms with Crippen LogP contribution in [0.3, 0.4) is 0 Å². The Balaban J connectivity index is 1.56. The summed E-state index contributed by atoms with van der Waals surface area (Å²) >= 11 is 0. The van der Waals surface area contributed by atoms with E-state index in [2.05, 4.69) is 20.2 Å². The van der Waals surface area contributed by atoms with E-state index in [1.165, 1.54) is 12.1 Å². The Morgan fingerprint density at radius 2 is 2.08 bits per heavy atom. The van der Waals surface area contributed by atoms with Crippen LogP contribution >= 0.6 is 0 Å². The highest BCUT2D eigenvalue weighted by Gasteiger charge is 2.30. The molecule has 1 aliphatic rings. The predicted octanol–water partition coefficient (Wildman–Crippen LogP) is 1.85. The number of fused-ring (bicyclic) bond motifs is 1. The summed E-state index contributed by atoms with van der Waals surface area (Å²) < 4.78 is 31.9. The molecule has 8 nitrogen and oxygen atoms in total.